The number of carbonyl (C=O) groups excluding carboxylic acids is 2. The lowest BCUT2D eigenvalue weighted by atomic mass is 10.0. The van der Waals surface area contributed by atoms with Crippen LogP contribution in [0.2, 0.25) is 5.02 Å². The molecule has 0 N–H and O–H groups in total. The predicted octanol–water partition coefficient (Wildman–Crippen LogP) is 3.70. The van der Waals surface area contributed by atoms with Crippen LogP contribution in [0.25, 0.3) is 17.0 Å². The van der Waals surface area contributed by atoms with E-state index in [-0.39, 0.29) is 16.8 Å². The number of rotatable bonds is 5. The largest absolute Gasteiger partial charge is 0.858 e. The van der Waals surface area contributed by atoms with Gasteiger partial charge < -0.3 is 5.11 Å². The molecule has 0 fully saturated rings. The fourth-order valence-corrected chi connectivity index (χ4v) is 4.44. The van der Waals surface area contributed by atoms with Crippen molar-refractivity contribution in [2.24, 2.45) is 0 Å². The minimum atomic E-state index is -0.567. The Balaban J connectivity index is 1.78. The van der Waals surface area contributed by atoms with Gasteiger partial charge in [-0.05, 0) is 55.6 Å². The quantitative estimate of drug-likeness (QED) is 0.319. The molecule has 0 unspecified atom stereocenters. The SMILES string of the molecule is CCc1nn(-c2cccc(Cl)c2)c([O-])c1C1=C([n+]2cccc(C)c2)C(=O)N(c2ccccc2)C1=O. The molecule has 0 saturated carbocycles. The van der Waals surface area contributed by atoms with Gasteiger partial charge in [0, 0.05) is 22.2 Å². The number of nitrogens with zero attached hydrogens (tertiary/aromatic N) is 4. The molecule has 174 valence electrons. The molecule has 7 nitrogen and oxygen atoms in total. The van der Waals surface area contributed by atoms with Crippen molar-refractivity contribution in [3.05, 3.63) is 101 Å². The van der Waals surface area contributed by atoms with Gasteiger partial charge in [0.15, 0.2) is 12.4 Å². The highest BCUT2D eigenvalue weighted by atomic mass is 35.5. The number of aromatic nitrogens is 3. The fourth-order valence-electron chi connectivity index (χ4n) is 4.25. The van der Waals surface area contributed by atoms with Gasteiger partial charge in [-0.3, -0.25) is 9.59 Å². The topological polar surface area (TPSA) is 82.1 Å². The molecule has 3 heterocycles. The summed E-state index contributed by atoms with van der Waals surface area (Å²) in [5.41, 5.74) is 2.48. The molecule has 0 atom stereocenters. The van der Waals surface area contributed by atoms with Crippen LogP contribution in [0, 0.1) is 6.92 Å². The van der Waals surface area contributed by atoms with E-state index in [0.717, 1.165) is 10.5 Å². The molecule has 0 saturated heterocycles. The Morgan fingerprint density at radius 3 is 2.40 bits per heavy atom. The summed E-state index contributed by atoms with van der Waals surface area (Å²) >= 11 is 6.14. The molecule has 0 spiro atoms. The van der Waals surface area contributed by atoms with Crippen LogP contribution >= 0.6 is 11.6 Å². The zero-order valence-corrected chi connectivity index (χ0v) is 19.9. The Morgan fingerprint density at radius 2 is 1.71 bits per heavy atom. The molecule has 0 radical (unpaired) electrons. The highest BCUT2D eigenvalue weighted by molar-refractivity contribution is 6.53. The third-order valence-electron chi connectivity index (χ3n) is 5.83. The van der Waals surface area contributed by atoms with Crippen molar-refractivity contribution in [3.8, 4) is 11.6 Å². The minimum absolute atomic E-state index is 0.0320. The Hall–Kier alpha value is -4.23. The van der Waals surface area contributed by atoms with E-state index in [4.69, 9.17) is 11.6 Å². The maximum absolute atomic E-state index is 13.8. The average Bonchev–Trinajstić information content (AvgIpc) is 3.31. The average molecular weight is 485 g/mol. The van der Waals surface area contributed by atoms with Crippen molar-refractivity contribution in [2.45, 2.75) is 20.3 Å². The van der Waals surface area contributed by atoms with E-state index in [1.165, 1.54) is 4.68 Å². The van der Waals surface area contributed by atoms with E-state index in [0.29, 0.717) is 28.5 Å². The van der Waals surface area contributed by atoms with Crippen LogP contribution in [-0.4, -0.2) is 21.6 Å². The van der Waals surface area contributed by atoms with Crippen LogP contribution in [0.3, 0.4) is 0 Å². The van der Waals surface area contributed by atoms with E-state index >= 15 is 0 Å². The second-order valence-corrected chi connectivity index (χ2v) is 8.60. The summed E-state index contributed by atoms with van der Waals surface area (Å²) in [5.74, 6) is -1.56. The summed E-state index contributed by atoms with van der Waals surface area (Å²) in [4.78, 5) is 28.7. The van der Waals surface area contributed by atoms with Gasteiger partial charge in [0.25, 0.3) is 11.6 Å². The molecule has 35 heavy (non-hydrogen) atoms. The first-order chi connectivity index (χ1) is 16.9. The van der Waals surface area contributed by atoms with Crippen LogP contribution in [0.1, 0.15) is 23.7 Å². The van der Waals surface area contributed by atoms with Crippen molar-refractivity contribution in [2.75, 3.05) is 4.90 Å². The normalized spacial score (nSPS) is 13.7. The Kier molecular flexibility index (Phi) is 5.70. The number of hydrogen-bond acceptors (Lipinski definition) is 4. The van der Waals surface area contributed by atoms with Crippen molar-refractivity contribution in [1.82, 2.24) is 9.78 Å². The zero-order valence-electron chi connectivity index (χ0n) is 19.1. The van der Waals surface area contributed by atoms with Gasteiger partial charge in [-0.1, -0.05) is 42.8 Å². The van der Waals surface area contributed by atoms with Gasteiger partial charge in [-0.2, -0.15) is 9.67 Å². The maximum Gasteiger partial charge on any atom is 0.331 e. The number of imide groups is 1. The van der Waals surface area contributed by atoms with Crippen molar-refractivity contribution >= 4 is 40.4 Å². The molecule has 0 bridgehead atoms. The number of pyridine rings is 1. The number of halogens is 1. The maximum atomic E-state index is 13.8. The van der Waals surface area contributed by atoms with Crippen LogP contribution in [0.15, 0.2) is 79.1 Å². The second kappa shape index (κ2) is 8.85. The van der Waals surface area contributed by atoms with Crippen molar-refractivity contribution in [1.29, 1.82) is 0 Å². The number of carbonyl (C=O) groups is 2. The van der Waals surface area contributed by atoms with Gasteiger partial charge in [0.05, 0.1) is 17.1 Å². The molecule has 0 aliphatic carbocycles. The Morgan fingerprint density at radius 1 is 0.971 bits per heavy atom. The van der Waals surface area contributed by atoms with Gasteiger partial charge >= 0.3 is 5.91 Å². The third-order valence-corrected chi connectivity index (χ3v) is 6.07. The Labute approximate surface area is 207 Å². The van der Waals surface area contributed by atoms with Gasteiger partial charge in [0.1, 0.15) is 5.57 Å². The van der Waals surface area contributed by atoms with E-state index in [2.05, 4.69) is 5.10 Å². The standard InChI is InChI=1S/C27H21ClN4O3/c1-3-21-22(26(34)32(29-21)20-13-7-10-18(28)15-20)23-24(30-14-8-9-17(2)16-30)27(35)31(25(23)33)19-11-5-4-6-12-19/h4-16H,3H2,1-2H3. The summed E-state index contributed by atoms with van der Waals surface area (Å²) in [6.45, 7) is 3.74. The number of para-hydroxylation sites is 1. The zero-order chi connectivity index (χ0) is 24.7. The van der Waals surface area contributed by atoms with E-state index in [1.54, 1.807) is 77.6 Å². The molecule has 1 aliphatic heterocycles. The molecule has 2 amide bonds. The molecular formula is C27H21ClN4O3. The molecule has 4 aromatic rings. The molecule has 1 aliphatic rings. The highest BCUT2D eigenvalue weighted by Crippen LogP contribution is 2.38. The second-order valence-electron chi connectivity index (χ2n) is 8.17. The first-order valence-corrected chi connectivity index (χ1v) is 11.5. The van der Waals surface area contributed by atoms with Gasteiger partial charge in [0.2, 0.25) is 0 Å². The van der Waals surface area contributed by atoms with Crippen LogP contribution in [0.5, 0.6) is 5.88 Å². The van der Waals surface area contributed by atoms with E-state index in [1.807, 2.05) is 19.9 Å². The number of benzene rings is 2. The van der Waals surface area contributed by atoms with E-state index in [9.17, 15) is 14.7 Å². The summed E-state index contributed by atoms with van der Waals surface area (Å²) in [7, 11) is 0. The number of amides is 2. The third kappa shape index (κ3) is 3.80. The predicted molar refractivity (Wildman–Crippen MR) is 131 cm³/mol. The van der Waals surface area contributed by atoms with Crippen LogP contribution in [-0.2, 0) is 16.0 Å². The fraction of sp³-hybridized carbons (Fsp3) is 0.111. The summed E-state index contributed by atoms with van der Waals surface area (Å²) in [6, 6.07) is 19.1. The highest BCUT2D eigenvalue weighted by Gasteiger charge is 2.47. The summed E-state index contributed by atoms with van der Waals surface area (Å²) < 4.78 is 2.83. The van der Waals surface area contributed by atoms with Crippen LogP contribution in [0.4, 0.5) is 5.69 Å². The van der Waals surface area contributed by atoms with Gasteiger partial charge in [-0.15, -0.1) is 0 Å². The van der Waals surface area contributed by atoms with Crippen LogP contribution < -0.4 is 14.6 Å². The molecular weight excluding hydrogens is 464 g/mol. The number of aryl methyl sites for hydroxylation is 2. The molecule has 2 aromatic heterocycles. The lowest BCUT2D eigenvalue weighted by Gasteiger charge is -2.15. The summed E-state index contributed by atoms with van der Waals surface area (Å²) in [6.07, 6.45) is 3.84. The number of hydrogen-bond donors (Lipinski definition) is 0. The van der Waals surface area contributed by atoms with Gasteiger partial charge in [-0.25, -0.2) is 9.58 Å². The monoisotopic (exact) mass is 484 g/mol. The van der Waals surface area contributed by atoms with E-state index < -0.39 is 17.7 Å². The molecule has 5 rings (SSSR count). The first-order valence-electron chi connectivity index (χ1n) is 11.1. The first kappa shape index (κ1) is 22.6. The Bertz CT molecular complexity index is 1510. The molecule has 8 heteroatoms. The molecule has 2 aromatic carbocycles. The van der Waals surface area contributed by atoms with Crippen molar-refractivity contribution in [3.63, 3.8) is 0 Å². The lowest BCUT2D eigenvalue weighted by molar-refractivity contribution is -0.577. The smallest absolute Gasteiger partial charge is 0.331 e. The summed E-state index contributed by atoms with van der Waals surface area (Å²) in [5, 5.41) is 18.7. The lowest BCUT2D eigenvalue weighted by Crippen LogP contribution is -2.39. The minimum Gasteiger partial charge on any atom is -0.858 e. The van der Waals surface area contributed by atoms with Crippen molar-refractivity contribution < 1.29 is 19.3 Å². The number of anilines is 1.